The molecule has 0 aliphatic carbocycles. The third kappa shape index (κ3) is 2.25. The van der Waals surface area contributed by atoms with Crippen molar-refractivity contribution in [2.45, 2.75) is 0 Å². The minimum absolute atomic E-state index is 0.0641. The van der Waals surface area contributed by atoms with Crippen molar-refractivity contribution in [3.63, 3.8) is 0 Å². The first-order valence-corrected chi connectivity index (χ1v) is 12.7. The Hall–Kier alpha value is 0.0196. The van der Waals surface area contributed by atoms with Crippen LogP contribution in [0.4, 0.5) is 5.69 Å². The summed E-state index contributed by atoms with van der Waals surface area (Å²) in [6, 6.07) is 13.2. The fourth-order valence-corrected chi connectivity index (χ4v) is 5.41. The van der Waals surface area contributed by atoms with Crippen molar-refractivity contribution in [1.29, 1.82) is 0 Å². The van der Waals surface area contributed by atoms with Gasteiger partial charge in [-0.25, -0.2) is 0 Å². The molecule has 0 heterocycles. The zero-order valence-corrected chi connectivity index (χ0v) is 13.2. The van der Waals surface area contributed by atoms with Gasteiger partial charge in [0.05, 0.1) is 0 Å². The fourth-order valence-electron chi connectivity index (χ4n) is 1.72. The SMILES string of the molecule is CN(C)c1cccc2cccc([Te]I)c12. The summed E-state index contributed by atoms with van der Waals surface area (Å²) >= 11 is 2.49. The molecule has 3 heteroatoms. The molecule has 0 atom stereocenters. The van der Waals surface area contributed by atoms with Crippen LogP contribution in [-0.4, -0.2) is 31.1 Å². The molecule has 0 N–H and O–H groups in total. The van der Waals surface area contributed by atoms with Crippen LogP contribution >= 0.6 is 18.7 Å². The van der Waals surface area contributed by atoms with E-state index in [0.717, 1.165) is 0 Å². The number of nitrogens with zero attached hydrogens (tertiary/aromatic N) is 1. The van der Waals surface area contributed by atoms with Gasteiger partial charge >= 0.3 is 111 Å². The predicted molar refractivity (Wildman–Crippen MR) is 77.7 cm³/mol. The molecule has 0 bridgehead atoms. The van der Waals surface area contributed by atoms with Gasteiger partial charge in [-0.2, -0.15) is 0 Å². The van der Waals surface area contributed by atoms with Gasteiger partial charge in [0.15, 0.2) is 0 Å². The number of rotatable bonds is 2. The maximum atomic E-state index is 2.55. The standard InChI is InChI=1S/C12H12INTe/c1-14(2)10-7-3-5-9-6-4-8-11(15-13)12(9)10/h3-8H,1-2H3. The Balaban J connectivity index is 2.81. The summed E-state index contributed by atoms with van der Waals surface area (Å²) in [7, 11) is 4.22. The molecule has 0 unspecified atom stereocenters. The Labute approximate surface area is 110 Å². The van der Waals surface area contributed by atoms with E-state index in [1.54, 1.807) is 3.61 Å². The van der Waals surface area contributed by atoms with Gasteiger partial charge in [0.2, 0.25) is 0 Å². The van der Waals surface area contributed by atoms with E-state index < -0.39 is 0 Å². The summed E-state index contributed by atoms with van der Waals surface area (Å²) in [6.07, 6.45) is 0. The van der Waals surface area contributed by atoms with Crippen molar-refractivity contribution in [3.8, 4) is 0 Å². The van der Waals surface area contributed by atoms with Crippen LogP contribution < -0.4 is 8.51 Å². The molecular formula is C12H12INTe. The number of benzene rings is 2. The maximum absolute atomic E-state index is 2.55. The van der Waals surface area contributed by atoms with Crippen molar-refractivity contribution in [2.75, 3.05) is 19.0 Å². The normalized spacial score (nSPS) is 10.6. The van der Waals surface area contributed by atoms with Gasteiger partial charge in [-0.1, -0.05) is 0 Å². The van der Waals surface area contributed by atoms with E-state index in [9.17, 15) is 0 Å². The van der Waals surface area contributed by atoms with Crippen molar-refractivity contribution in [1.82, 2.24) is 0 Å². The Morgan fingerprint density at radius 2 is 1.73 bits per heavy atom. The Morgan fingerprint density at radius 1 is 1.07 bits per heavy atom. The molecule has 0 amide bonds. The average Bonchev–Trinajstić information content (AvgIpc) is 2.27. The molecule has 0 aliphatic heterocycles. The number of hydrogen-bond donors (Lipinski definition) is 0. The quantitative estimate of drug-likeness (QED) is 0.529. The van der Waals surface area contributed by atoms with Gasteiger partial charge in [-0.3, -0.25) is 0 Å². The van der Waals surface area contributed by atoms with Crippen LogP contribution in [-0.2, 0) is 0 Å². The van der Waals surface area contributed by atoms with E-state index in [4.69, 9.17) is 0 Å². The predicted octanol–water partition coefficient (Wildman–Crippen LogP) is 2.59. The molecule has 0 radical (unpaired) electrons. The zero-order valence-electron chi connectivity index (χ0n) is 8.70. The second kappa shape index (κ2) is 4.90. The molecule has 0 saturated heterocycles. The second-order valence-electron chi connectivity index (χ2n) is 3.60. The molecule has 0 fully saturated rings. The molecule has 2 rings (SSSR count). The van der Waals surface area contributed by atoms with Crippen molar-refractivity contribution < 1.29 is 0 Å². The van der Waals surface area contributed by atoms with E-state index in [0.29, 0.717) is 0 Å². The Kier molecular flexibility index (Phi) is 3.76. The first-order valence-electron chi connectivity index (χ1n) is 4.71. The van der Waals surface area contributed by atoms with Crippen LogP contribution in [0.3, 0.4) is 0 Å². The summed E-state index contributed by atoms with van der Waals surface area (Å²) < 4.78 is 1.54. The van der Waals surface area contributed by atoms with Crippen molar-refractivity contribution in [2.24, 2.45) is 0 Å². The summed E-state index contributed by atoms with van der Waals surface area (Å²) in [5.74, 6) is 0. The third-order valence-corrected chi connectivity index (χ3v) is 7.04. The molecule has 0 aliphatic rings. The molecular weight excluding hydrogens is 413 g/mol. The molecule has 2 aromatic carbocycles. The van der Waals surface area contributed by atoms with Gasteiger partial charge in [0.1, 0.15) is 0 Å². The number of anilines is 1. The fraction of sp³-hybridized carbons (Fsp3) is 0.167. The molecule has 0 spiro atoms. The first-order chi connectivity index (χ1) is 7.24. The number of hydrogen-bond acceptors (Lipinski definition) is 1. The van der Waals surface area contributed by atoms with Crippen LogP contribution in [0.15, 0.2) is 36.4 Å². The molecule has 0 saturated carbocycles. The summed E-state index contributed by atoms with van der Waals surface area (Å²) in [5.41, 5.74) is 1.34. The van der Waals surface area contributed by atoms with Crippen LogP contribution in [0.2, 0.25) is 0 Å². The third-order valence-electron chi connectivity index (χ3n) is 2.41. The molecule has 2 aromatic rings. The van der Waals surface area contributed by atoms with E-state index in [-0.39, 0.29) is 17.0 Å². The monoisotopic (exact) mass is 427 g/mol. The van der Waals surface area contributed by atoms with E-state index in [1.807, 2.05) is 0 Å². The van der Waals surface area contributed by atoms with Gasteiger partial charge in [0.25, 0.3) is 0 Å². The van der Waals surface area contributed by atoms with Gasteiger partial charge in [-0.15, -0.1) is 0 Å². The van der Waals surface area contributed by atoms with Crippen LogP contribution in [0.1, 0.15) is 0 Å². The molecule has 15 heavy (non-hydrogen) atoms. The molecule has 1 nitrogen and oxygen atoms in total. The van der Waals surface area contributed by atoms with E-state index >= 15 is 0 Å². The van der Waals surface area contributed by atoms with Crippen LogP contribution in [0, 0.1) is 0 Å². The Bertz CT molecular complexity index is 477. The van der Waals surface area contributed by atoms with Crippen molar-refractivity contribution in [3.05, 3.63) is 36.4 Å². The van der Waals surface area contributed by atoms with E-state index in [1.165, 1.54) is 16.5 Å². The van der Waals surface area contributed by atoms with Gasteiger partial charge in [0, 0.05) is 0 Å². The van der Waals surface area contributed by atoms with Crippen LogP contribution in [0.5, 0.6) is 0 Å². The minimum atomic E-state index is -0.0641. The van der Waals surface area contributed by atoms with Crippen molar-refractivity contribution >= 4 is 55.7 Å². The number of fused-ring (bicyclic) bond motifs is 1. The van der Waals surface area contributed by atoms with E-state index in [2.05, 4.69) is 74.1 Å². The molecule has 78 valence electrons. The number of halogens is 1. The Morgan fingerprint density at radius 3 is 2.33 bits per heavy atom. The topological polar surface area (TPSA) is 3.24 Å². The van der Waals surface area contributed by atoms with Gasteiger partial charge in [-0.05, 0) is 0 Å². The summed E-state index contributed by atoms with van der Waals surface area (Å²) in [5, 5.41) is 2.81. The molecule has 0 aromatic heterocycles. The van der Waals surface area contributed by atoms with Crippen LogP contribution in [0.25, 0.3) is 10.8 Å². The first kappa shape index (κ1) is 11.5. The average molecular weight is 425 g/mol. The summed E-state index contributed by atoms with van der Waals surface area (Å²) in [4.78, 5) is 2.20. The zero-order chi connectivity index (χ0) is 10.8. The second-order valence-corrected chi connectivity index (χ2v) is 8.25. The summed E-state index contributed by atoms with van der Waals surface area (Å²) in [6.45, 7) is 0. The van der Waals surface area contributed by atoms with Gasteiger partial charge < -0.3 is 0 Å².